The molecule has 3 N–H and O–H groups in total. The summed E-state index contributed by atoms with van der Waals surface area (Å²) >= 11 is 0. The Balaban J connectivity index is 1.87. The molecule has 25 heavy (non-hydrogen) atoms. The van der Waals surface area contributed by atoms with Gasteiger partial charge in [0.2, 0.25) is 0 Å². The number of phenols is 1. The Kier molecular flexibility index (Phi) is 7.81. The van der Waals surface area contributed by atoms with Crippen molar-refractivity contribution >= 4 is 5.96 Å². The number of nitrogens with zero attached hydrogens (tertiary/aromatic N) is 1. The molecule has 0 bridgehead atoms. The number of phenolic OH excluding ortho intramolecular Hbond substituents is 1. The monoisotopic (exact) mass is 351 g/mol. The van der Waals surface area contributed by atoms with E-state index < -0.39 is 0 Å². The van der Waals surface area contributed by atoms with Gasteiger partial charge in [0, 0.05) is 19.2 Å². The van der Waals surface area contributed by atoms with Gasteiger partial charge in [-0.25, -0.2) is 4.99 Å². The SMILES string of the molecule is CCNC(=NCc1ccc(OC)c(O)c1)NC(C)COC1CCOC1. The van der Waals surface area contributed by atoms with Gasteiger partial charge in [-0.1, -0.05) is 6.07 Å². The van der Waals surface area contributed by atoms with Gasteiger partial charge in [-0.3, -0.25) is 0 Å². The Morgan fingerprint density at radius 3 is 2.96 bits per heavy atom. The summed E-state index contributed by atoms with van der Waals surface area (Å²) in [5.74, 6) is 1.30. The second kappa shape index (κ2) is 10.1. The molecule has 0 saturated carbocycles. The predicted molar refractivity (Wildman–Crippen MR) is 97.2 cm³/mol. The van der Waals surface area contributed by atoms with Gasteiger partial charge in [-0.15, -0.1) is 0 Å². The third-order valence-corrected chi connectivity index (χ3v) is 3.86. The molecule has 1 aliphatic heterocycles. The van der Waals surface area contributed by atoms with Crippen molar-refractivity contribution in [1.82, 2.24) is 10.6 Å². The van der Waals surface area contributed by atoms with E-state index in [1.54, 1.807) is 12.1 Å². The van der Waals surface area contributed by atoms with E-state index in [1.165, 1.54) is 7.11 Å². The first-order valence-electron chi connectivity index (χ1n) is 8.72. The zero-order valence-electron chi connectivity index (χ0n) is 15.2. The number of ether oxygens (including phenoxy) is 3. The van der Waals surface area contributed by atoms with E-state index in [-0.39, 0.29) is 17.9 Å². The largest absolute Gasteiger partial charge is 0.504 e. The summed E-state index contributed by atoms with van der Waals surface area (Å²) in [5, 5.41) is 16.4. The molecule has 0 aliphatic carbocycles. The number of nitrogens with one attached hydrogen (secondary N) is 2. The first kappa shape index (κ1) is 19.3. The van der Waals surface area contributed by atoms with Crippen LogP contribution in [0.1, 0.15) is 25.8 Å². The van der Waals surface area contributed by atoms with Crippen molar-refractivity contribution in [2.24, 2.45) is 4.99 Å². The molecule has 2 atom stereocenters. The molecule has 7 nitrogen and oxygen atoms in total. The van der Waals surface area contributed by atoms with Crippen LogP contribution in [0.4, 0.5) is 0 Å². The molecule has 1 fully saturated rings. The van der Waals surface area contributed by atoms with Crippen LogP contribution < -0.4 is 15.4 Å². The van der Waals surface area contributed by atoms with Crippen molar-refractivity contribution < 1.29 is 19.3 Å². The van der Waals surface area contributed by atoms with E-state index in [0.717, 1.165) is 31.1 Å². The number of rotatable bonds is 8. The van der Waals surface area contributed by atoms with Crippen molar-refractivity contribution in [3.8, 4) is 11.5 Å². The van der Waals surface area contributed by atoms with Crippen molar-refractivity contribution in [3.05, 3.63) is 23.8 Å². The summed E-state index contributed by atoms with van der Waals surface area (Å²) in [7, 11) is 1.53. The molecular formula is C18H29N3O4. The van der Waals surface area contributed by atoms with Crippen LogP contribution >= 0.6 is 0 Å². The molecular weight excluding hydrogens is 322 g/mol. The molecule has 1 aliphatic rings. The molecule has 0 radical (unpaired) electrons. The normalized spacial score (nSPS) is 18.8. The van der Waals surface area contributed by atoms with Crippen LogP contribution in [-0.4, -0.2) is 56.7 Å². The topological polar surface area (TPSA) is 84.3 Å². The van der Waals surface area contributed by atoms with Gasteiger partial charge in [0.25, 0.3) is 0 Å². The summed E-state index contributed by atoms with van der Waals surface area (Å²) in [6.45, 7) is 7.37. The number of hydrogen-bond donors (Lipinski definition) is 3. The maximum Gasteiger partial charge on any atom is 0.191 e. The maximum absolute atomic E-state index is 9.85. The number of hydrogen-bond acceptors (Lipinski definition) is 5. The average molecular weight is 351 g/mol. The van der Waals surface area contributed by atoms with Gasteiger partial charge in [-0.2, -0.15) is 0 Å². The zero-order valence-corrected chi connectivity index (χ0v) is 15.2. The summed E-state index contributed by atoms with van der Waals surface area (Å²) in [5.41, 5.74) is 0.905. The molecule has 2 rings (SSSR count). The number of methoxy groups -OCH3 is 1. The fourth-order valence-corrected chi connectivity index (χ4v) is 2.52. The summed E-state index contributed by atoms with van der Waals surface area (Å²) in [6.07, 6.45) is 1.16. The fourth-order valence-electron chi connectivity index (χ4n) is 2.52. The molecule has 0 aromatic heterocycles. The number of benzene rings is 1. The smallest absolute Gasteiger partial charge is 0.191 e. The zero-order chi connectivity index (χ0) is 18.1. The highest BCUT2D eigenvalue weighted by atomic mass is 16.5. The minimum Gasteiger partial charge on any atom is -0.504 e. The highest BCUT2D eigenvalue weighted by molar-refractivity contribution is 5.80. The quantitative estimate of drug-likeness (QED) is 0.488. The lowest BCUT2D eigenvalue weighted by Crippen LogP contribution is -2.44. The molecule has 0 amide bonds. The first-order chi connectivity index (χ1) is 12.1. The van der Waals surface area contributed by atoms with Gasteiger partial charge in [-0.05, 0) is 38.0 Å². The minimum atomic E-state index is 0.119. The van der Waals surface area contributed by atoms with Gasteiger partial charge >= 0.3 is 0 Å². The van der Waals surface area contributed by atoms with E-state index in [2.05, 4.69) is 22.5 Å². The molecule has 1 aromatic carbocycles. The van der Waals surface area contributed by atoms with Crippen LogP contribution in [-0.2, 0) is 16.0 Å². The van der Waals surface area contributed by atoms with Crippen LogP contribution in [0.15, 0.2) is 23.2 Å². The standard InChI is InChI=1S/C18H29N3O4/c1-4-19-18(21-13(2)11-25-15-7-8-24-12-15)20-10-14-5-6-17(23-3)16(22)9-14/h5-6,9,13,15,22H,4,7-8,10-12H2,1-3H3,(H2,19,20,21). The van der Waals surface area contributed by atoms with Crippen LogP contribution in [0.25, 0.3) is 0 Å². The number of guanidine groups is 1. The molecule has 1 saturated heterocycles. The van der Waals surface area contributed by atoms with E-state index in [1.807, 2.05) is 13.0 Å². The highest BCUT2D eigenvalue weighted by Crippen LogP contribution is 2.26. The molecule has 140 valence electrons. The summed E-state index contributed by atoms with van der Waals surface area (Å²) < 4.78 is 16.2. The minimum absolute atomic E-state index is 0.119. The molecule has 1 heterocycles. The van der Waals surface area contributed by atoms with E-state index in [4.69, 9.17) is 14.2 Å². The lowest BCUT2D eigenvalue weighted by molar-refractivity contribution is 0.0347. The van der Waals surface area contributed by atoms with Crippen molar-refractivity contribution in [1.29, 1.82) is 0 Å². The van der Waals surface area contributed by atoms with Crippen LogP contribution in [0, 0.1) is 0 Å². The van der Waals surface area contributed by atoms with Gasteiger partial charge in [0.05, 0.1) is 33.0 Å². The first-order valence-corrected chi connectivity index (χ1v) is 8.72. The highest BCUT2D eigenvalue weighted by Gasteiger charge is 2.17. The second-order valence-electron chi connectivity index (χ2n) is 6.07. The lowest BCUT2D eigenvalue weighted by Gasteiger charge is -2.19. The van der Waals surface area contributed by atoms with Crippen molar-refractivity contribution in [2.75, 3.05) is 33.5 Å². The Morgan fingerprint density at radius 1 is 1.48 bits per heavy atom. The Labute approximate surface area is 149 Å². The second-order valence-corrected chi connectivity index (χ2v) is 6.07. The predicted octanol–water partition coefficient (Wildman–Crippen LogP) is 1.65. The van der Waals surface area contributed by atoms with Gasteiger partial charge in [0.1, 0.15) is 0 Å². The van der Waals surface area contributed by atoms with E-state index >= 15 is 0 Å². The fraction of sp³-hybridized carbons (Fsp3) is 0.611. The van der Waals surface area contributed by atoms with Gasteiger partial charge < -0.3 is 30.0 Å². The van der Waals surface area contributed by atoms with Crippen molar-refractivity contribution in [3.63, 3.8) is 0 Å². The number of aromatic hydroxyl groups is 1. The Hall–Kier alpha value is -1.99. The Bertz CT molecular complexity index is 559. The lowest BCUT2D eigenvalue weighted by atomic mass is 10.2. The van der Waals surface area contributed by atoms with Crippen LogP contribution in [0.2, 0.25) is 0 Å². The van der Waals surface area contributed by atoms with E-state index in [9.17, 15) is 5.11 Å². The molecule has 7 heteroatoms. The molecule has 0 spiro atoms. The van der Waals surface area contributed by atoms with Crippen molar-refractivity contribution in [2.45, 2.75) is 39.0 Å². The Morgan fingerprint density at radius 2 is 2.32 bits per heavy atom. The summed E-state index contributed by atoms with van der Waals surface area (Å²) in [4.78, 5) is 4.56. The number of aliphatic imine (C=N–C) groups is 1. The van der Waals surface area contributed by atoms with E-state index in [0.29, 0.717) is 25.5 Å². The molecule has 1 aromatic rings. The molecule has 2 unspecified atom stereocenters. The summed E-state index contributed by atoms with van der Waals surface area (Å²) in [6, 6.07) is 5.42. The third kappa shape index (κ3) is 6.43. The average Bonchev–Trinajstić information content (AvgIpc) is 3.12. The maximum atomic E-state index is 9.85. The van der Waals surface area contributed by atoms with Crippen LogP contribution in [0.5, 0.6) is 11.5 Å². The van der Waals surface area contributed by atoms with Crippen LogP contribution in [0.3, 0.4) is 0 Å². The van der Waals surface area contributed by atoms with Gasteiger partial charge in [0.15, 0.2) is 17.5 Å². The third-order valence-electron chi connectivity index (χ3n) is 3.86.